The molecule has 0 aliphatic carbocycles. The summed E-state index contributed by atoms with van der Waals surface area (Å²) in [6.07, 6.45) is 4.69. The number of hydrogen-bond donors (Lipinski definition) is 1. The lowest BCUT2D eigenvalue weighted by atomic mass is 10.1. The summed E-state index contributed by atoms with van der Waals surface area (Å²) in [4.78, 5) is 14.3. The minimum absolute atomic E-state index is 0.0137. The van der Waals surface area contributed by atoms with Crippen LogP contribution in [-0.2, 0) is 11.2 Å². The molecule has 1 unspecified atom stereocenters. The number of aliphatic hydroxyl groups excluding tert-OH is 1. The largest absolute Gasteiger partial charge is 0.394 e. The van der Waals surface area contributed by atoms with E-state index in [0.717, 1.165) is 37.8 Å². The number of benzene rings is 1. The zero-order valence-electron chi connectivity index (χ0n) is 11.6. The second kappa shape index (κ2) is 6.71. The summed E-state index contributed by atoms with van der Waals surface area (Å²) < 4.78 is 0. The van der Waals surface area contributed by atoms with Crippen molar-refractivity contribution >= 4 is 5.91 Å². The molecule has 3 heteroatoms. The third-order valence-corrected chi connectivity index (χ3v) is 3.85. The van der Waals surface area contributed by atoms with Crippen molar-refractivity contribution in [3.05, 3.63) is 35.4 Å². The number of amides is 1. The van der Waals surface area contributed by atoms with Gasteiger partial charge in [0.25, 0.3) is 0 Å². The maximum Gasteiger partial charge on any atom is 0.227 e. The van der Waals surface area contributed by atoms with E-state index >= 15 is 0 Å². The number of nitrogens with zero attached hydrogens (tertiary/aromatic N) is 1. The third-order valence-electron chi connectivity index (χ3n) is 3.85. The Morgan fingerprint density at radius 1 is 1.37 bits per heavy atom. The maximum atomic E-state index is 12.4. The Balaban J connectivity index is 2.04. The van der Waals surface area contributed by atoms with Crippen LogP contribution in [0.1, 0.15) is 36.8 Å². The summed E-state index contributed by atoms with van der Waals surface area (Å²) in [6, 6.07) is 8.10. The predicted octanol–water partition coefficient (Wildman–Crippen LogP) is 2.30. The Hall–Kier alpha value is -1.35. The minimum Gasteiger partial charge on any atom is -0.394 e. The standard InChI is InChI=1S/C16H23NO2/c1-13-6-5-7-14(10-13)11-16(19)17-9-4-2-3-8-15(17)12-18/h5-7,10,15,18H,2-4,8-9,11-12H2,1H3. The lowest BCUT2D eigenvalue weighted by Gasteiger charge is -2.28. The van der Waals surface area contributed by atoms with Crippen molar-refractivity contribution in [1.82, 2.24) is 4.90 Å². The van der Waals surface area contributed by atoms with Crippen LogP contribution >= 0.6 is 0 Å². The monoisotopic (exact) mass is 261 g/mol. The lowest BCUT2D eigenvalue weighted by Crippen LogP contribution is -2.42. The summed E-state index contributed by atoms with van der Waals surface area (Å²) >= 11 is 0. The van der Waals surface area contributed by atoms with Crippen molar-refractivity contribution in [3.8, 4) is 0 Å². The number of aryl methyl sites for hydroxylation is 1. The Morgan fingerprint density at radius 3 is 2.95 bits per heavy atom. The van der Waals surface area contributed by atoms with Gasteiger partial charge >= 0.3 is 0 Å². The second-order valence-corrected chi connectivity index (χ2v) is 5.44. The molecule has 104 valence electrons. The molecule has 2 rings (SSSR count). The predicted molar refractivity (Wildman–Crippen MR) is 75.9 cm³/mol. The highest BCUT2D eigenvalue weighted by molar-refractivity contribution is 5.79. The number of carbonyl (C=O) groups excluding carboxylic acids is 1. The van der Waals surface area contributed by atoms with Gasteiger partial charge in [0.2, 0.25) is 5.91 Å². The van der Waals surface area contributed by atoms with Crippen LogP contribution in [0.2, 0.25) is 0 Å². The van der Waals surface area contributed by atoms with Crippen LogP contribution < -0.4 is 0 Å². The van der Waals surface area contributed by atoms with Gasteiger partial charge in [-0.15, -0.1) is 0 Å². The molecule has 1 aromatic carbocycles. The highest BCUT2D eigenvalue weighted by atomic mass is 16.3. The van der Waals surface area contributed by atoms with Gasteiger partial charge in [0.15, 0.2) is 0 Å². The fraction of sp³-hybridized carbons (Fsp3) is 0.562. The molecule has 19 heavy (non-hydrogen) atoms. The summed E-state index contributed by atoms with van der Waals surface area (Å²) in [5, 5.41) is 9.45. The highest BCUT2D eigenvalue weighted by Gasteiger charge is 2.24. The van der Waals surface area contributed by atoms with E-state index in [1.807, 2.05) is 30.0 Å². The maximum absolute atomic E-state index is 12.4. The summed E-state index contributed by atoms with van der Waals surface area (Å²) in [7, 11) is 0. The first-order valence-corrected chi connectivity index (χ1v) is 7.16. The molecular formula is C16H23NO2. The Labute approximate surface area is 115 Å². The Kier molecular flexibility index (Phi) is 4.97. The van der Waals surface area contributed by atoms with Crippen LogP contribution in [0, 0.1) is 6.92 Å². The molecule has 1 fully saturated rings. The molecule has 1 saturated heterocycles. The van der Waals surface area contributed by atoms with Crippen molar-refractivity contribution in [2.75, 3.05) is 13.2 Å². The average molecular weight is 261 g/mol. The second-order valence-electron chi connectivity index (χ2n) is 5.44. The number of aliphatic hydroxyl groups is 1. The van der Waals surface area contributed by atoms with Crippen LogP contribution in [0.4, 0.5) is 0 Å². The van der Waals surface area contributed by atoms with E-state index in [9.17, 15) is 9.90 Å². The third kappa shape index (κ3) is 3.80. The summed E-state index contributed by atoms with van der Waals surface area (Å²) in [5.74, 6) is 0.145. The van der Waals surface area contributed by atoms with Crippen molar-refractivity contribution in [3.63, 3.8) is 0 Å². The van der Waals surface area contributed by atoms with Crippen molar-refractivity contribution in [2.24, 2.45) is 0 Å². The molecule has 1 aliphatic heterocycles. The normalized spacial score (nSPS) is 20.1. The van der Waals surface area contributed by atoms with Gasteiger partial charge in [-0.3, -0.25) is 4.79 Å². The molecule has 1 amide bonds. The molecule has 1 heterocycles. The number of hydrogen-bond acceptors (Lipinski definition) is 2. The quantitative estimate of drug-likeness (QED) is 0.907. The van der Waals surface area contributed by atoms with Crippen LogP contribution in [0.25, 0.3) is 0 Å². The van der Waals surface area contributed by atoms with Gasteiger partial charge in [0.1, 0.15) is 0 Å². The molecule has 1 N–H and O–H groups in total. The van der Waals surface area contributed by atoms with E-state index in [1.165, 1.54) is 5.56 Å². The van der Waals surface area contributed by atoms with Gasteiger partial charge in [0, 0.05) is 6.54 Å². The van der Waals surface area contributed by atoms with Gasteiger partial charge in [-0.25, -0.2) is 0 Å². The van der Waals surface area contributed by atoms with Gasteiger partial charge in [-0.1, -0.05) is 42.7 Å². The number of carbonyl (C=O) groups is 1. The number of likely N-dealkylation sites (tertiary alicyclic amines) is 1. The molecule has 1 aromatic rings. The molecule has 0 saturated carbocycles. The fourth-order valence-electron chi connectivity index (χ4n) is 2.79. The van der Waals surface area contributed by atoms with Crippen LogP contribution in [0.5, 0.6) is 0 Å². The molecular weight excluding hydrogens is 238 g/mol. The molecule has 0 spiro atoms. The molecule has 1 atom stereocenters. The van der Waals surface area contributed by atoms with Gasteiger partial charge in [0.05, 0.1) is 19.1 Å². The summed E-state index contributed by atoms with van der Waals surface area (Å²) in [5.41, 5.74) is 2.24. The minimum atomic E-state index is 0.0137. The Morgan fingerprint density at radius 2 is 2.21 bits per heavy atom. The van der Waals surface area contributed by atoms with Gasteiger partial charge < -0.3 is 10.0 Å². The van der Waals surface area contributed by atoms with Crippen LogP contribution in [-0.4, -0.2) is 35.1 Å². The van der Waals surface area contributed by atoms with E-state index in [4.69, 9.17) is 0 Å². The smallest absolute Gasteiger partial charge is 0.227 e. The van der Waals surface area contributed by atoms with E-state index in [-0.39, 0.29) is 18.6 Å². The SMILES string of the molecule is Cc1cccc(CC(=O)N2CCCCCC2CO)c1. The molecule has 0 bridgehead atoms. The van der Waals surface area contributed by atoms with Crippen LogP contribution in [0.3, 0.4) is 0 Å². The van der Waals surface area contributed by atoms with Gasteiger partial charge in [-0.05, 0) is 25.3 Å². The van der Waals surface area contributed by atoms with Crippen molar-refractivity contribution in [2.45, 2.75) is 45.1 Å². The van der Waals surface area contributed by atoms with Crippen molar-refractivity contribution in [1.29, 1.82) is 0 Å². The number of rotatable bonds is 3. The summed E-state index contributed by atoms with van der Waals surface area (Å²) in [6.45, 7) is 2.91. The van der Waals surface area contributed by atoms with Crippen molar-refractivity contribution < 1.29 is 9.90 Å². The first-order chi connectivity index (χ1) is 9.20. The van der Waals surface area contributed by atoms with E-state index in [1.54, 1.807) is 0 Å². The first kappa shape index (κ1) is 14.1. The fourth-order valence-corrected chi connectivity index (χ4v) is 2.79. The van der Waals surface area contributed by atoms with E-state index < -0.39 is 0 Å². The average Bonchev–Trinajstić information content (AvgIpc) is 2.63. The van der Waals surface area contributed by atoms with E-state index in [0.29, 0.717) is 6.42 Å². The van der Waals surface area contributed by atoms with E-state index in [2.05, 4.69) is 6.07 Å². The molecule has 0 aromatic heterocycles. The topological polar surface area (TPSA) is 40.5 Å². The Bertz CT molecular complexity index is 431. The molecule has 0 radical (unpaired) electrons. The zero-order valence-corrected chi connectivity index (χ0v) is 11.6. The lowest BCUT2D eigenvalue weighted by molar-refractivity contribution is -0.133. The zero-order chi connectivity index (χ0) is 13.7. The first-order valence-electron chi connectivity index (χ1n) is 7.16. The van der Waals surface area contributed by atoms with Gasteiger partial charge in [-0.2, -0.15) is 0 Å². The molecule has 3 nitrogen and oxygen atoms in total. The highest BCUT2D eigenvalue weighted by Crippen LogP contribution is 2.18. The molecule has 1 aliphatic rings. The van der Waals surface area contributed by atoms with Crippen LogP contribution in [0.15, 0.2) is 24.3 Å².